The van der Waals surface area contributed by atoms with E-state index in [0.29, 0.717) is 23.4 Å². The highest BCUT2D eigenvalue weighted by Crippen LogP contribution is 2.27. The Bertz CT molecular complexity index is 978. The van der Waals surface area contributed by atoms with Gasteiger partial charge in [0.15, 0.2) is 5.82 Å². The minimum absolute atomic E-state index is 0.292. The Morgan fingerprint density at radius 2 is 1.79 bits per heavy atom. The first-order valence-corrected chi connectivity index (χ1v) is 9.55. The number of piperidine rings is 1. The molecule has 2 heterocycles. The number of halogens is 2. The minimum Gasteiger partial charge on any atom is -0.381 e. The van der Waals surface area contributed by atoms with E-state index in [1.807, 2.05) is 13.0 Å². The summed E-state index contributed by atoms with van der Waals surface area (Å²) in [5, 5.41) is 10.0. The van der Waals surface area contributed by atoms with Gasteiger partial charge in [0.05, 0.1) is 6.10 Å². The number of aromatic amines is 1. The lowest BCUT2D eigenvalue weighted by molar-refractivity contribution is 0.0819. The summed E-state index contributed by atoms with van der Waals surface area (Å²) in [4.78, 5) is 6.65. The topological polar surface area (TPSA) is 66.1 Å². The van der Waals surface area contributed by atoms with Crippen LogP contribution in [0.5, 0.6) is 0 Å². The third-order valence-electron chi connectivity index (χ3n) is 5.08. The first-order valence-electron chi connectivity index (χ1n) is 9.55. The fraction of sp³-hybridized carbons (Fsp3) is 0.333. The van der Waals surface area contributed by atoms with E-state index < -0.39 is 11.6 Å². The lowest BCUT2D eigenvalue weighted by Crippen LogP contribution is -2.36. The average molecular weight is 399 g/mol. The molecule has 6 nitrogen and oxygen atoms in total. The molecule has 1 aliphatic rings. The minimum atomic E-state index is -0.661. The maximum atomic E-state index is 13.4. The zero-order valence-corrected chi connectivity index (χ0v) is 16.4. The normalized spacial score (nSPS) is 15.0. The van der Waals surface area contributed by atoms with Gasteiger partial charge >= 0.3 is 0 Å². The summed E-state index contributed by atoms with van der Waals surface area (Å²) in [6, 6.07) is 9.45. The maximum Gasteiger partial charge on any atom is 0.246 e. The summed E-state index contributed by atoms with van der Waals surface area (Å²) in [5.41, 5.74) is 3.39. The highest BCUT2D eigenvalue weighted by atomic mass is 19.1. The Morgan fingerprint density at radius 3 is 2.48 bits per heavy atom. The van der Waals surface area contributed by atoms with E-state index >= 15 is 0 Å². The van der Waals surface area contributed by atoms with Crippen LogP contribution in [-0.2, 0) is 4.74 Å². The molecule has 0 unspecified atom stereocenters. The highest BCUT2D eigenvalue weighted by Gasteiger charge is 2.19. The van der Waals surface area contributed by atoms with Crippen molar-refractivity contribution in [2.24, 2.45) is 0 Å². The molecule has 0 atom stereocenters. The Morgan fingerprint density at radius 1 is 1.07 bits per heavy atom. The zero-order valence-electron chi connectivity index (χ0n) is 16.4. The van der Waals surface area contributed by atoms with Crippen molar-refractivity contribution in [3.63, 3.8) is 0 Å². The van der Waals surface area contributed by atoms with E-state index in [2.05, 4.69) is 37.5 Å². The Labute approximate surface area is 167 Å². The predicted molar refractivity (Wildman–Crippen MR) is 108 cm³/mol. The molecule has 0 amide bonds. The molecule has 1 aliphatic heterocycles. The van der Waals surface area contributed by atoms with E-state index in [1.165, 1.54) is 12.1 Å². The standard InChI is InChI=1S/C21H23F2N5O/c1-13-7-17(12-18(8-13)28-5-3-19(29-2)4-6-28)24-21-25-20(26-27-21)14-9-15(22)11-16(23)10-14/h7-12,19H,3-6H2,1-2H3,(H2,24,25,26,27). The molecule has 1 aromatic heterocycles. The number of H-pyrrole nitrogens is 1. The number of hydrogen-bond donors (Lipinski definition) is 2. The van der Waals surface area contributed by atoms with Gasteiger partial charge in [-0.3, -0.25) is 5.10 Å². The number of benzene rings is 2. The van der Waals surface area contributed by atoms with Crippen molar-refractivity contribution in [1.82, 2.24) is 15.2 Å². The number of aryl methyl sites for hydroxylation is 1. The monoisotopic (exact) mass is 399 g/mol. The van der Waals surface area contributed by atoms with Gasteiger partial charge in [-0.2, -0.15) is 4.98 Å². The van der Waals surface area contributed by atoms with Crippen LogP contribution in [0.2, 0.25) is 0 Å². The largest absolute Gasteiger partial charge is 0.381 e. The van der Waals surface area contributed by atoms with Gasteiger partial charge in [0, 0.05) is 43.2 Å². The van der Waals surface area contributed by atoms with Crippen molar-refractivity contribution in [1.29, 1.82) is 0 Å². The molecule has 0 bridgehead atoms. The van der Waals surface area contributed by atoms with Gasteiger partial charge in [-0.05, 0) is 55.7 Å². The van der Waals surface area contributed by atoms with Crippen molar-refractivity contribution in [3.8, 4) is 11.4 Å². The van der Waals surface area contributed by atoms with Gasteiger partial charge in [0.2, 0.25) is 5.95 Å². The van der Waals surface area contributed by atoms with Crippen molar-refractivity contribution in [2.75, 3.05) is 30.4 Å². The molecule has 1 fully saturated rings. The molecule has 8 heteroatoms. The molecule has 0 saturated carbocycles. The number of methoxy groups -OCH3 is 1. The highest BCUT2D eigenvalue weighted by molar-refractivity contribution is 5.65. The molecule has 2 N–H and O–H groups in total. The number of aromatic nitrogens is 3. The van der Waals surface area contributed by atoms with Crippen LogP contribution in [0, 0.1) is 18.6 Å². The molecule has 3 aromatic rings. The molecule has 29 heavy (non-hydrogen) atoms. The zero-order chi connectivity index (χ0) is 20.4. The van der Waals surface area contributed by atoms with Crippen LogP contribution in [0.4, 0.5) is 26.1 Å². The quantitative estimate of drug-likeness (QED) is 0.665. The molecule has 0 aliphatic carbocycles. The predicted octanol–water partition coefficient (Wildman–Crippen LogP) is 4.42. The molecular weight excluding hydrogens is 376 g/mol. The van der Waals surface area contributed by atoms with Crippen LogP contribution in [0.25, 0.3) is 11.4 Å². The number of hydrogen-bond acceptors (Lipinski definition) is 5. The van der Waals surface area contributed by atoms with Crippen molar-refractivity contribution in [3.05, 3.63) is 53.6 Å². The average Bonchev–Trinajstić information content (AvgIpc) is 3.15. The van der Waals surface area contributed by atoms with Crippen molar-refractivity contribution in [2.45, 2.75) is 25.9 Å². The third kappa shape index (κ3) is 4.54. The van der Waals surface area contributed by atoms with E-state index in [4.69, 9.17) is 4.74 Å². The first kappa shape index (κ1) is 19.3. The van der Waals surface area contributed by atoms with Crippen LogP contribution in [0.15, 0.2) is 36.4 Å². The Kier molecular flexibility index (Phi) is 5.44. The van der Waals surface area contributed by atoms with Crippen molar-refractivity contribution >= 4 is 17.3 Å². The number of ether oxygens (including phenoxy) is 1. The molecule has 0 radical (unpaired) electrons. The Hall–Kier alpha value is -3.00. The lowest BCUT2D eigenvalue weighted by atomic mass is 10.1. The smallest absolute Gasteiger partial charge is 0.246 e. The number of anilines is 3. The molecule has 2 aromatic carbocycles. The van der Waals surface area contributed by atoms with Crippen LogP contribution >= 0.6 is 0 Å². The van der Waals surface area contributed by atoms with Crippen LogP contribution < -0.4 is 10.2 Å². The van der Waals surface area contributed by atoms with Gasteiger partial charge in [-0.25, -0.2) is 8.78 Å². The summed E-state index contributed by atoms with van der Waals surface area (Å²) in [7, 11) is 1.76. The molecule has 0 spiro atoms. The number of rotatable bonds is 5. The van der Waals surface area contributed by atoms with E-state index in [-0.39, 0.29) is 0 Å². The summed E-state index contributed by atoms with van der Waals surface area (Å²) < 4.78 is 32.3. The van der Waals surface area contributed by atoms with E-state index in [9.17, 15) is 8.78 Å². The SMILES string of the molecule is COC1CCN(c2cc(C)cc(Nc3n[nH]c(-c4cc(F)cc(F)c4)n3)c2)CC1. The second kappa shape index (κ2) is 8.16. The van der Waals surface area contributed by atoms with Crippen molar-refractivity contribution < 1.29 is 13.5 Å². The molecule has 152 valence electrons. The summed E-state index contributed by atoms with van der Waals surface area (Å²) in [6.07, 6.45) is 2.33. The summed E-state index contributed by atoms with van der Waals surface area (Å²) in [5.74, 6) is -0.697. The number of nitrogens with one attached hydrogen (secondary N) is 2. The summed E-state index contributed by atoms with van der Waals surface area (Å²) >= 11 is 0. The molecule has 4 rings (SSSR count). The van der Waals surface area contributed by atoms with E-state index in [0.717, 1.165) is 48.9 Å². The second-order valence-electron chi connectivity index (χ2n) is 7.27. The van der Waals surface area contributed by atoms with Crippen LogP contribution in [0.1, 0.15) is 18.4 Å². The van der Waals surface area contributed by atoms with Crippen LogP contribution in [0.3, 0.4) is 0 Å². The number of nitrogens with zero attached hydrogens (tertiary/aromatic N) is 3. The van der Waals surface area contributed by atoms with Gasteiger partial charge in [0.25, 0.3) is 0 Å². The summed E-state index contributed by atoms with van der Waals surface area (Å²) in [6.45, 7) is 3.92. The van der Waals surface area contributed by atoms with Gasteiger partial charge in [-0.1, -0.05) is 0 Å². The maximum absolute atomic E-state index is 13.4. The van der Waals surface area contributed by atoms with Gasteiger partial charge < -0.3 is 15.0 Å². The Balaban J connectivity index is 1.51. The lowest BCUT2D eigenvalue weighted by Gasteiger charge is -2.33. The fourth-order valence-electron chi connectivity index (χ4n) is 3.63. The van der Waals surface area contributed by atoms with Gasteiger partial charge in [-0.15, -0.1) is 5.10 Å². The molecular formula is C21H23F2N5O. The van der Waals surface area contributed by atoms with Gasteiger partial charge in [0.1, 0.15) is 11.6 Å². The molecule has 1 saturated heterocycles. The second-order valence-corrected chi connectivity index (χ2v) is 7.27. The third-order valence-corrected chi connectivity index (χ3v) is 5.08. The first-order chi connectivity index (χ1) is 14.0. The van der Waals surface area contributed by atoms with E-state index in [1.54, 1.807) is 7.11 Å². The fourth-order valence-corrected chi connectivity index (χ4v) is 3.63. The van der Waals surface area contributed by atoms with Crippen LogP contribution in [-0.4, -0.2) is 41.5 Å².